The Hall–Kier alpha value is -0.770. The van der Waals surface area contributed by atoms with Crippen LogP contribution in [0, 0.1) is 17.8 Å². The van der Waals surface area contributed by atoms with Crippen LogP contribution in [0.2, 0.25) is 0 Å². The first-order valence-electron chi connectivity index (χ1n) is 7.57. The number of amides is 1. The number of hydrogen-bond donors (Lipinski definition) is 2. The number of carbonyl (C=O) groups excluding carboxylic acids is 1. The van der Waals surface area contributed by atoms with Gasteiger partial charge in [0.1, 0.15) is 5.60 Å². The highest BCUT2D eigenvalue weighted by Crippen LogP contribution is 2.49. The van der Waals surface area contributed by atoms with E-state index in [1.54, 1.807) is 0 Å². The van der Waals surface area contributed by atoms with Gasteiger partial charge in [-0.1, -0.05) is 6.42 Å². The van der Waals surface area contributed by atoms with Crippen molar-refractivity contribution in [2.24, 2.45) is 23.5 Å². The Balaban J connectivity index is 1.78. The molecule has 0 spiro atoms. The Morgan fingerprint density at radius 1 is 1.37 bits per heavy atom. The molecule has 0 aromatic heterocycles. The van der Waals surface area contributed by atoms with Gasteiger partial charge in [-0.3, -0.25) is 0 Å². The van der Waals surface area contributed by atoms with Gasteiger partial charge in [-0.25, -0.2) is 4.79 Å². The van der Waals surface area contributed by atoms with E-state index < -0.39 is 5.60 Å². The molecule has 2 saturated carbocycles. The van der Waals surface area contributed by atoms with Gasteiger partial charge in [-0.05, 0) is 64.2 Å². The van der Waals surface area contributed by atoms with Gasteiger partial charge in [0.25, 0.3) is 0 Å². The van der Waals surface area contributed by atoms with Crippen LogP contribution in [0.15, 0.2) is 0 Å². The number of carbonyl (C=O) groups is 1. The molecule has 2 fully saturated rings. The van der Waals surface area contributed by atoms with Crippen molar-refractivity contribution in [2.75, 3.05) is 6.54 Å². The van der Waals surface area contributed by atoms with Crippen LogP contribution < -0.4 is 11.1 Å². The molecular formula is C15H28N2O2. The van der Waals surface area contributed by atoms with E-state index in [9.17, 15) is 4.79 Å². The van der Waals surface area contributed by atoms with Crippen molar-refractivity contribution in [3.8, 4) is 0 Å². The van der Waals surface area contributed by atoms with Crippen molar-refractivity contribution >= 4 is 6.09 Å². The Bertz CT molecular complexity index is 325. The van der Waals surface area contributed by atoms with Crippen LogP contribution >= 0.6 is 0 Å². The Morgan fingerprint density at radius 3 is 2.58 bits per heavy atom. The normalized spacial score (nSPS) is 31.3. The maximum absolute atomic E-state index is 11.8. The number of fused-ring (bicyclic) bond motifs is 2. The van der Waals surface area contributed by atoms with Crippen molar-refractivity contribution in [1.82, 2.24) is 5.32 Å². The predicted octanol–water partition coefficient (Wildman–Crippen LogP) is 2.66. The molecule has 0 aromatic carbocycles. The van der Waals surface area contributed by atoms with E-state index in [1.807, 2.05) is 20.8 Å². The largest absolute Gasteiger partial charge is 0.444 e. The topological polar surface area (TPSA) is 64.3 Å². The molecular weight excluding hydrogens is 240 g/mol. The molecule has 4 atom stereocenters. The summed E-state index contributed by atoms with van der Waals surface area (Å²) in [6.45, 7) is 6.12. The lowest BCUT2D eigenvalue weighted by molar-refractivity contribution is 0.0496. The number of nitrogens with two attached hydrogens (primary N) is 1. The highest BCUT2D eigenvalue weighted by molar-refractivity contribution is 5.68. The number of nitrogens with one attached hydrogen (secondary N) is 1. The van der Waals surface area contributed by atoms with Gasteiger partial charge >= 0.3 is 6.09 Å². The third-order valence-corrected chi connectivity index (χ3v) is 4.48. The van der Waals surface area contributed by atoms with E-state index in [0.29, 0.717) is 6.54 Å². The summed E-state index contributed by atoms with van der Waals surface area (Å²) in [4.78, 5) is 11.8. The monoisotopic (exact) mass is 268 g/mol. The summed E-state index contributed by atoms with van der Waals surface area (Å²) >= 11 is 0. The number of rotatable bonds is 4. The number of ether oxygens (including phenoxy) is 1. The molecule has 2 rings (SSSR count). The van der Waals surface area contributed by atoms with E-state index in [1.165, 1.54) is 25.7 Å². The lowest BCUT2D eigenvalue weighted by Crippen LogP contribution is -2.44. The summed E-state index contributed by atoms with van der Waals surface area (Å²) in [7, 11) is 0. The summed E-state index contributed by atoms with van der Waals surface area (Å²) in [5.41, 5.74) is 5.34. The van der Waals surface area contributed by atoms with Gasteiger partial charge < -0.3 is 15.8 Å². The van der Waals surface area contributed by atoms with Crippen molar-refractivity contribution in [2.45, 2.75) is 64.5 Å². The van der Waals surface area contributed by atoms with Gasteiger partial charge in [-0.15, -0.1) is 0 Å². The van der Waals surface area contributed by atoms with E-state index in [2.05, 4.69) is 5.32 Å². The number of alkyl carbamates (subject to hydrolysis) is 1. The second-order valence-corrected chi connectivity index (χ2v) is 7.25. The maximum Gasteiger partial charge on any atom is 0.407 e. The molecule has 0 aliphatic heterocycles. The molecule has 19 heavy (non-hydrogen) atoms. The van der Waals surface area contributed by atoms with Crippen LogP contribution in [-0.4, -0.2) is 24.3 Å². The Labute approximate surface area is 116 Å². The summed E-state index contributed by atoms with van der Waals surface area (Å²) in [5, 5.41) is 2.92. The van der Waals surface area contributed by atoms with Gasteiger partial charge in [0, 0.05) is 12.6 Å². The Morgan fingerprint density at radius 2 is 2.11 bits per heavy atom. The van der Waals surface area contributed by atoms with E-state index in [0.717, 1.165) is 24.2 Å². The summed E-state index contributed by atoms with van der Waals surface area (Å²) < 4.78 is 5.29. The minimum absolute atomic E-state index is 0.0548. The third-order valence-electron chi connectivity index (χ3n) is 4.48. The fourth-order valence-electron chi connectivity index (χ4n) is 3.72. The highest BCUT2D eigenvalue weighted by Gasteiger charge is 2.40. The maximum atomic E-state index is 11.8. The zero-order valence-corrected chi connectivity index (χ0v) is 12.4. The second-order valence-electron chi connectivity index (χ2n) is 7.25. The van der Waals surface area contributed by atoms with Crippen LogP contribution in [-0.2, 0) is 4.74 Å². The van der Waals surface area contributed by atoms with Crippen LogP contribution in [0.4, 0.5) is 4.79 Å². The number of hydrogen-bond acceptors (Lipinski definition) is 3. The van der Waals surface area contributed by atoms with Crippen LogP contribution in [0.5, 0.6) is 0 Å². The molecule has 4 nitrogen and oxygen atoms in total. The predicted molar refractivity (Wildman–Crippen MR) is 75.8 cm³/mol. The Kier molecular flexibility index (Phi) is 4.39. The first kappa shape index (κ1) is 14.6. The minimum atomic E-state index is -0.449. The smallest absolute Gasteiger partial charge is 0.407 e. The molecule has 110 valence electrons. The summed E-state index contributed by atoms with van der Waals surface area (Å²) in [6.07, 6.45) is 6.18. The van der Waals surface area contributed by atoms with Crippen molar-refractivity contribution in [3.05, 3.63) is 0 Å². The minimum Gasteiger partial charge on any atom is -0.444 e. The molecule has 2 aliphatic rings. The van der Waals surface area contributed by atoms with Gasteiger partial charge in [0.2, 0.25) is 0 Å². The molecule has 1 amide bonds. The lowest BCUT2D eigenvalue weighted by Gasteiger charge is -2.27. The van der Waals surface area contributed by atoms with E-state index >= 15 is 0 Å². The molecule has 0 saturated heterocycles. The van der Waals surface area contributed by atoms with E-state index in [-0.39, 0.29) is 12.1 Å². The summed E-state index contributed by atoms with van der Waals surface area (Å²) in [6, 6.07) is 0.0548. The average molecular weight is 268 g/mol. The lowest BCUT2D eigenvalue weighted by atomic mass is 9.84. The summed E-state index contributed by atoms with van der Waals surface area (Å²) in [5.74, 6) is 2.57. The SMILES string of the molecule is CC(C)(C)OC(=O)NC(CN)CC1CC2CCC1C2. The molecule has 0 radical (unpaired) electrons. The molecule has 4 heteroatoms. The zero-order chi connectivity index (χ0) is 14.0. The van der Waals surface area contributed by atoms with Crippen molar-refractivity contribution < 1.29 is 9.53 Å². The van der Waals surface area contributed by atoms with Crippen molar-refractivity contribution in [1.29, 1.82) is 0 Å². The van der Waals surface area contributed by atoms with Crippen LogP contribution in [0.1, 0.15) is 52.9 Å². The molecule has 0 aromatic rings. The third kappa shape index (κ3) is 4.10. The standard InChI is InChI=1S/C15H28N2O2/c1-15(2,3)19-14(18)17-13(9-16)8-12-7-10-4-5-11(12)6-10/h10-13H,4-9,16H2,1-3H3,(H,17,18). The van der Waals surface area contributed by atoms with Crippen LogP contribution in [0.25, 0.3) is 0 Å². The van der Waals surface area contributed by atoms with Crippen molar-refractivity contribution in [3.63, 3.8) is 0 Å². The fourth-order valence-corrected chi connectivity index (χ4v) is 3.72. The fraction of sp³-hybridized carbons (Fsp3) is 0.933. The quantitative estimate of drug-likeness (QED) is 0.824. The average Bonchev–Trinajstić information content (AvgIpc) is 2.87. The molecule has 3 N–H and O–H groups in total. The molecule has 4 unspecified atom stereocenters. The van der Waals surface area contributed by atoms with Gasteiger partial charge in [-0.2, -0.15) is 0 Å². The molecule has 0 heterocycles. The second kappa shape index (κ2) is 5.70. The molecule has 2 aliphatic carbocycles. The zero-order valence-electron chi connectivity index (χ0n) is 12.4. The van der Waals surface area contributed by atoms with Crippen LogP contribution in [0.3, 0.4) is 0 Å². The first-order chi connectivity index (χ1) is 8.87. The van der Waals surface area contributed by atoms with Gasteiger partial charge in [0.15, 0.2) is 0 Å². The van der Waals surface area contributed by atoms with Gasteiger partial charge in [0.05, 0.1) is 0 Å². The highest BCUT2D eigenvalue weighted by atomic mass is 16.6. The van der Waals surface area contributed by atoms with E-state index in [4.69, 9.17) is 10.5 Å². The first-order valence-corrected chi connectivity index (χ1v) is 7.57. The molecule has 2 bridgehead atoms.